The third-order valence-corrected chi connectivity index (χ3v) is 5.94. The van der Waals surface area contributed by atoms with Crippen molar-refractivity contribution in [3.63, 3.8) is 0 Å². The lowest BCUT2D eigenvalue weighted by atomic mass is 9.93. The Morgan fingerprint density at radius 2 is 2.32 bits per heavy atom. The van der Waals surface area contributed by atoms with Crippen molar-refractivity contribution in [1.29, 1.82) is 0 Å². The van der Waals surface area contributed by atoms with Gasteiger partial charge in [-0.15, -0.1) is 11.8 Å². The molecule has 2 aromatic heterocycles. The summed E-state index contributed by atoms with van der Waals surface area (Å²) in [5.74, 6) is 2.16. The summed E-state index contributed by atoms with van der Waals surface area (Å²) < 4.78 is 11.9. The maximum absolute atomic E-state index is 6.06. The smallest absolute Gasteiger partial charge is 0.117 e. The van der Waals surface area contributed by atoms with E-state index in [0.717, 1.165) is 43.1 Å². The molecule has 0 N–H and O–H groups in total. The quantitative estimate of drug-likeness (QED) is 0.848. The van der Waals surface area contributed by atoms with Crippen molar-refractivity contribution in [2.24, 2.45) is 0 Å². The number of aromatic nitrogens is 1. The molecule has 4 nitrogen and oxygen atoms in total. The van der Waals surface area contributed by atoms with Crippen molar-refractivity contribution < 1.29 is 9.15 Å². The van der Waals surface area contributed by atoms with Crippen molar-refractivity contribution >= 4 is 11.8 Å². The fraction of sp³-hybridized carbons (Fsp3) is 0.471. The molecule has 2 aliphatic heterocycles. The Labute approximate surface area is 134 Å². The minimum atomic E-state index is 0.371. The van der Waals surface area contributed by atoms with Crippen LogP contribution in [0.25, 0.3) is 0 Å². The molecule has 2 aliphatic rings. The first kappa shape index (κ1) is 14.3. The lowest BCUT2D eigenvalue weighted by molar-refractivity contribution is 0.0249. The molecule has 4 rings (SSSR count). The minimum Gasteiger partial charge on any atom is -0.468 e. The van der Waals surface area contributed by atoms with E-state index in [1.54, 1.807) is 12.5 Å². The highest BCUT2D eigenvalue weighted by atomic mass is 32.2. The Balaban J connectivity index is 1.23. The Morgan fingerprint density at radius 1 is 1.36 bits per heavy atom. The second-order valence-electron chi connectivity index (χ2n) is 6.22. The molecule has 0 unspecified atom stereocenters. The van der Waals surface area contributed by atoms with Gasteiger partial charge in [0.2, 0.25) is 0 Å². The van der Waals surface area contributed by atoms with Crippen LogP contribution in [0.4, 0.5) is 0 Å². The first-order valence-corrected chi connectivity index (χ1v) is 8.69. The van der Waals surface area contributed by atoms with Crippen LogP contribution in [-0.4, -0.2) is 39.6 Å². The fourth-order valence-electron chi connectivity index (χ4n) is 3.33. The van der Waals surface area contributed by atoms with E-state index < -0.39 is 0 Å². The first-order valence-electron chi connectivity index (χ1n) is 7.71. The zero-order valence-corrected chi connectivity index (χ0v) is 13.3. The summed E-state index contributed by atoms with van der Waals surface area (Å²) in [7, 11) is 0. The standard InChI is InChI=1S/C17H20N2O2S/c1-3-14(8-18-5-1)10-21-16-7-17(22-11-16)12-19(13-17)9-15-4-2-6-20-15/h1-6,8,16H,7,9-13H2/t16-/m1/s1. The van der Waals surface area contributed by atoms with Gasteiger partial charge in [0.05, 0.1) is 25.5 Å². The molecular formula is C17H20N2O2S. The van der Waals surface area contributed by atoms with E-state index in [-0.39, 0.29) is 0 Å². The summed E-state index contributed by atoms with van der Waals surface area (Å²) in [4.78, 5) is 6.58. The number of pyridine rings is 1. The van der Waals surface area contributed by atoms with E-state index in [9.17, 15) is 0 Å². The second-order valence-corrected chi connectivity index (χ2v) is 7.70. The number of thioether (sulfide) groups is 1. The summed E-state index contributed by atoms with van der Waals surface area (Å²) in [5, 5.41) is 0. The highest BCUT2D eigenvalue weighted by molar-refractivity contribution is 8.01. The first-order chi connectivity index (χ1) is 10.8. The summed E-state index contributed by atoms with van der Waals surface area (Å²) in [6.45, 7) is 3.89. The zero-order valence-electron chi connectivity index (χ0n) is 12.5. The van der Waals surface area contributed by atoms with Gasteiger partial charge < -0.3 is 9.15 Å². The SMILES string of the molecule is c1cncc(CO[C@H]2CSC3(C2)CN(Cc2ccco2)C3)c1. The van der Waals surface area contributed by atoms with Crippen molar-refractivity contribution in [3.8, 4) is 0 Å². The number of ether oxygens (including phenoxy) is 1. The summed E-state index contributed by atoms with van der Waals surface area (Å²) in [6.07, 6.45) is 6.96. The Hall–Kier alpha value is -1.30. The third kappa shape index (κ3) is 3.07. The predicted octanol–water partition coefficient (Wildman–Crippen LogP) is 2.95. The molecule has 0 aliphatic carbocycles. The van der Waals surface area contributed by atoms with Crippen LogP contribution in [0.3, 0.4) is 0 Å². The van der Waals surface area contributed by atoms with Gasteiger partial charge in [0.15, 0.2) is 0 Å². The number of likely N-dealkylation sites (tertiary alicyclic amines) is 1. The minimum absolute atomic E-state index is 0.371. The van der Waals surface area contributed by atoms with E-state index >= 15 is 0 Å². The Kier molecular flexibility index (Phi) is 3.94. The van der Waals surface area contributed by atoms with E-state index in [4.69, 9.17) is 9.15 Å². The molecule has 0 bridgehead atoms. The van der Waals surface area contributed by atoms with Crippen LogP contribution in [0.15, 0.2) is 47.3 Å². The number of hydrogen-bond donors (Lipinski definition) is 0. The van der Waals surface area contributed by atoms with E-state index in [1.165, 1.54) is 0 Å². The molecule has 2 aromatic rings. The van der Waals surface area contributed by atoms with Gasteiger partial charge in [-0.25, -0.2) is 0 Å². The van der Waals surface area contributed by atoms with Gasteiger partial charge in [0, 0.05) is 36.0 Å². The van der Waals surface area contributed by atoms with Gasteiger partial charge in [0.25, 0.3) is 0 Å². The topological polar surface area (TPSA) is 38.5 Å². The highest BCUT2D eigenvalue weighted by Crippen LogP contribution is 2.46. The number of nitrogens with zero attached hydrogens (tertiary/aromatic N) is 2. The molecule has 116 valence electrons. The predicted molar refractivity (Wildman–Crippen MR) is 86.6 cm³/mol. The van der Waals surface area contributed by atoms with E-state index in [1.807, 2.05) is 24.4 Å². The average Bonchev–Trinajstić information content (AvgIpc) is 3.16. The molecule has 0 saturated carbocycles. The molecule has 1 atom stereocenters. The number of hydrogen-bond acceptors (Lipinski definition) is 5. The van der Waals surface area contributed by atoms with Crippen molar-refractivity contribution in [1.82, 2.24) is 9.88 Å². The summed E-state index contributed by atoms with van der Waals surface area (Å²) in [5.41, 5.74) is 1.15. The lowest BCUT2D eigenvalue weighted by Gasteiger charge is -2.47. The van der Waals surface area contributed by atoms with Crippen LogP contribution in [0.1, 0.15) is 17.7 Å². The molecule has 2 fully saturated rings. The molecule has 0 aromatic carbocycles. The summed E-state index contributed by atoms with van der Waals surface area (Å²) in [6, 6.07) is 8.03. The van der Waals surface area contributed by atoms with Gasteiger partial charge in [-0.2, -0.15) is 0 Å². The molecule has 0 radical (unpaired) electrons. The largest absolute Gasteiger partial charge is 0.468 e. The van der Waals surface area contributed by atoms with Gasteiger partial charge in [-0.05, 0) is 30.2 Å². The monoisotopic (exact) mass is 316 g/mol. The van der Waals surface area contributed by atoms with Crippen LogP contribution < -0.4 is 0 Å². The highest BCUT2D eigenvalue weighted by Gasteiger charge is 2.49. The van der Waals surface area contributed by atoms with Crippen LogP contribution in [0.2, 0.25) is 0 Å². The normalized spacial score (nSPS) is 23.7. The molecule has 22 heavy (non-hydrogen) atoms. The molecule has 1 spiro atoms. The van der Waals surface area contributed by atoms with E-state index in [0.29, 0.717) is 17.5 Å². The summed E-state index contributed by atoms with van der Waals surface area (Å²) >= 11 is 2.08. The Morgan fingerprint density at radius 3 is 3.09 bits per heavy atom. The van der Waals surface area contributed by atoms with Crippen LogP contribution in [0, 0.1) is 0 Å². The average molecular weight is 316 g/mol. The third-order valence-electron chi connectivity index (χ3n) is 4.37. The van der Waals surface area contributed by atoms with Gasteiger partial charge >= 0.3 is 0 Å². The van der Waals surface area contributed by atoms with Crippen molar-refractivity contribution in [2.45, 2.75) is 30.4 Å². The van der Waals surface area contributed by atoms with Gasteiger partial charge in [-0.3, -0.25) is 9.88 Å². The van der Waals surface area contributed by atoms with E-state index in [2.05, 4.69) is 27.7 Å². The maximum Gasteiger partial charge on any atom is 0.117 e. The number of rotatable bonds is 5. The molecular weight excluding hydrogens is 296 g/mol. The molecule has 4 heterocycles. The number of furan rings is 1. The molecule has 0 amide bonds. The second kappa shape index (κ2) is 6.07. The van der Waals surface area contributed by atoms with Crippen LogP contribution in [-0.2, 0) is 17.9 Å². The molecule has 2 saturated heterocycles. The van der Waals surface area contributed by atoms with Crippen molar-refractivity contribution in [3.05, 3.63) is 54.2 Å². The van der Waals surface area contributed by atoms with Gasteiger partial charge in [-0.1, -0.05) is 6.07 Å². The fourth-order valence-corrected chi connectivity index (χ4v) is 4.94. The maximum atomic E-state index is 6.06. The Bertz CT molecular complexity index is 596. The van der Waals surface area contributed by atoms with Crippen LogP contribution in [0.5, 0.6) is 0 Å². The zero-order chi connectivity index (χ0) is 14.8. The van der Waals surface area contributed by atoms with Crippen molar-refractivity contribution in [2.75, 3.05) is 18.8 Å². The lowest BCUT2D eigenvalue weighted by Crippen LogP contribution is -2.58. The van der Waals surface area contributed by atoms with Gasteiger partial charge in [0.1, 0.15) is 5.76 Å². The van der Waals surface area contributed by atoms with Crippen LogP contribution >= 0.6 is 11.8 Å². The molecule has 5 heteroatoms.